The summed E-state index contributed by atoms with van der Waals surface area (Å²) in [6, 6.07) is 7.22. The van der Waals surface area contributed by atoms with Crippen molar-refractivity contribution < 1.29 is 14.3 Å². The zero-order valence-electron chi connectivity index (χ0n) is 15.3. The van der Waals surface area contributed by atoms with Crippen molar-refractivity contribution in [3.8, 4) is 11.8 Å². The van der Waals surface area contributed by atoms with Crippen LogP contribution in [-0.4, -0.2) is 24.7 Å². The molecular weight excluding hydrogens is 304 g/mol. The topological polar surface area (TPSA) is 71.3 Å². The lowest BCUT2D eigenvalue weighted by Gasteiger charge is -2.27. The second kappa shape index (κ2) is 9.29. The molecular formula is C19H28N2O3. The Labute approximate surface area is 145 Å². The van der Waals surface area contributed by atoms with Crippen molar-refractivity contribution >= 4 is 11.6 Å². The number of rotatable bonds is 9. The normalized spacial score (nSPS) is 14.3. The average molecular weight is 332 g/mol. The Bertz CT molecular complexity index is 595. The molecule has 0 fully saturated rings. The summed E-state index contributed by atoms with van der Waals surface area (Å²) in [6.07, 6.45) is 3.46. The van der Waals surface area contributed by atoms with Crippen LogP contribution in [0.2, 0.25) is 0 Å². The number of amides is 1. The van der Waals surface area contributed by atoms with Gasteiger partial charge < -0.3 is 14.8 Å². The molecule has 0 spiro atoms. The van der Waals surface area contributed by atoms with Crippen LogP contribution >= 0.6 is 0 Å². The van der Waals surface area contributed by atoms with Crippen molar-refractivity contribution in [2.75, 3.05) is 12.4 Å². The third kappa shape index (κ3) is 5.24. The minimum atomic E-state index is -0.908. The predicted molar refractivity (Wildman–Crippen MR) is 95.1 cm³/mol. The van der Waals surface area contributed by atoms with Gasteiger partial charge in [-0.05, 0) is 38.8 Å². The number of methoxy groups -OCH3 is 1. The maximum Gasteiger partial charge on any atom is 0.256 e. The number of hydrogen-bond acceptors (Lipinski definition) is 4. The molecule has 0 saturated carbocycles. The number of hydrogen-bond donors (Lipinski definition) is 1. The lowest BCUT2D eigenvalue weighted by Crippen LogP contribution is -2.42. The molecule has 0 aliphatic carbocycles. The molecule has 1 N–H and O–H groups in total. The van der Waals surface area contributed by atoms with E-state index in [-0.39, 0.29) is 12.0 Å². The molecule has 0 aliphatic rings. The Morgan fingerprint density at radius 1 is 1.42 bits per heavy atom. The van der Waals surface area contributed by atoms with Crippen molar-refractivity contribution in [3.05, 3.63) is 23.8 Å². The number of ether oxygens (including phenoxy) is 2. The summed E-state index contributed by atoms with van der Waals surface area (Å²) in [5.74, 6) is 0.380. The Balaban J connectivity index is 2.94. The van der Waals surface area contributed by atoms with E-state index in [0.717, 1.165) is 19.3 Å². The summed E-state index contributed by atoms with van der Waals surface area (Å²) in [4.78, 5) is 12.6. The second-order valence-electron chi connectivity index (χ2n) is 6.15. The number of carbonyl (C=O) groups is 1. The molecule has 5 nitrogen and oxygen atoms in total. The van der Waals surface area contributed by atoms with Crippen LogP contribution in [0, 0.1) is 11.3 Å². The summed E-state index contributed by atoms with van der Waals surface area (Å²) in [7, 11) is 1.53. The van der Waals surface area contributed by atoms with Gasteiger partial charge in [0.15, 0.2) is 0 Å². The second-order valence-corrected chi connectivity index (χ2v) is 6.15. The molecule has 0 radical (unpaired) electrons. The van der Waals surface area contributed by atoms with Gasteiger partial charge in [0, 0.05) is 13.2 Å². The van der Waals surface area contributed by atoms with Gasteiger partial charge in [0.25, 0.3) is 5.91 Å². The van der Waals surface area contributed by atoms with Crippen LogP contribution in [0.25, 0.3) is 0 Å². The molecule has 0 aromatic heterocycles. The first-order chi connectivity index (χ1) is 11.4. The standard InChI is InChI=1S/C19H28N2O3/c1-6-8-11-19(4,23-5)18(22)21-17-10-9-16(12-15(17)13-20)24-14(3)7-2/h9-10,12,14H,6-8,11H2,1-5H3,(H,21,22). The number of carbonyl (C=O) groups excluding carboxylic acids is 1. The third-order valence-electron chi connectivity index (χ3n) is 4.21. The number of anilines is 1. The predicted octanol–water partition coefficient (Wildman–Crippen LogP) is 4.27. The Morgan fingerprint density at radius 3 is 2.67 bits per heavy atom. The van der Waals surface area contributed by atoms with E-state index in [1.807, 2.05) is 13.8 Å². The average Bonchev–Trinajstić information content (AvgIpc) is 2.60. The third-order valence-corrected chi connectivity index (χ3v) is 4.21. The van der Waals surface area contributed by atoms with Gasteiger partial charge in [-0.15, -0.1) is 0 Å². The van der Waals surface area contributed by atoms with E-state index in [1.54, 1.807) is 25.1 Å². The lowest BCUT2D eigenvalue weighted by atomic mass is 9.97. The van der Waals surface area contributed by atoms with Gasteiger partial charge in [-0.1, -0.05) is 26.7 Å². The zero-order chi connectivity index (χ0) is 18.2. The molecule has 5 heteroatoms. The Hall–Kier alpha value is -2.06. The molecule has 132 valence electrons. The molecule has 0 aliphatic heterocycles. The molecule has 2 unspecified atom stereocenters. The number of benzene rings is 1. The van der Waals surface area contributed by atoms with Crippen LogP contribution in [0.3, 0.4) is 0 Å². The number of nitrogens with zero attached hydrogens (tertiary/aromatic N) is 1. The minimum absolute atomic E-state index is 0.0720. The fraction of sp³-hybridized carbons (Fsp3) is 0.579. The van der Waals surface area contributed by atoms with Crippen LogP contribution in [0.15, 0.2) is 18.2 Å². The summed E-state index contributed by atoms with van der Waals surface area (Å²) in [5.41, 5.74) is -0.0638. The first kappa shape index (κ1) is 20.0. The van der Waals surface area contributed by atoms with Crippen molar-refractivity contribution in [2.45, 2.75) is 65.1 Å². The lowest BCUT2D eigenvalue weighted by molar-refractivity contribution is -0.136. The summed E-state index contributed by atoms with van der Waals surface area (Å²) >= 11 is 0. The highest BCUT2D eigenvalue weighted by Gasteiger charge is 2.32. The van der Waals surface area contributed by atoms with Crippen LogP contribution in [-0.2, 0) is 9.53 Å². The minimum Gasteiger partial charge on any atom is -0.491 e. The highest BCUT2D eigenvalue weighted by molar-refractivity contribution is 5.98. The molecule has 0 saturated heterocycles. The number of nitriles is 1. The Morgan fingerprint density at radius 2 is 2.12 bits per heavy atom. The monoisotopic (exact) mass is 332 g/mol. The Kier molecular flexibility index (Phi) is 7.73. The maximum absolute atomic E-state index is 12.6. The van der Waals surface area contributed by atoms with E-state index < -0.39 is 5.60 Å². The first-order valence-electron chi connectivity index (χ1n) is 8.47. The van der Waals surface area contributed by atoms with Crippen molar-refractivity contribution in [2.24, 2.45) is 0 Å². The van der Waals surface area contributed by atoms with Crippen LogP contribution in [0.1, 0.15) is 58.9 Å². The van der Waals surface area contributed by atoms with E-state index in [4.69, 9.17) is 9.47 Å². The van der Waals surface area contributed by atoms with E-state index in [0.29, 0.717) is 23.4 Å². The SMILES string of the molecule is CCCCC(C)(OC)C(=O)Nc1ccc(OC(C)CC)cc1C#N. The number of nitrogens with one attached hydrogen (secondary N) is 1. The van der Waals surface area contributed by atoms with Gasteiger partial charge in [-0.25, -0.2) is 0 Å². The zero-order valence-corrected chi connectivity index (χ0v) is 15.3. The molecule has 24 heavy (non-hydrogen) atoms. The van der Waals surface area contributed by atoms with Crippen LogP contribution < -0.4 is 10.1 Å². The summed E-state index contributed by atoms with van der Waals surface area (Å²) in [6.45, 7) is 7.84. The molecule has 1 rings (SSSR count). The quantitative estimate of drug-likeness (QED) is 0.733. The number of unbranched alkanes of at least 4 members (excludes halogenated alkanes) is 1. The fourth-order valence-electron chi connectivity index (χ4n) is 2.19. The smallest absolute Gasteiger partial charge is 0.256 e. The summed E-state index contributed by atoms with van der Waals surface area (Å²) in [5, 5.41) is 12.2. The molecule has 0 bridgehead atoms. The summed E-state index contributed by atoms with van der Waals surface area (Å²) < 4.78 is 11.1. The van der Waals surface area contributed by atoms with Gasteiger partial charge >= 0.3 is 0 Å². The molecule has 2 atom stereocenters. The van der Waals surface area contributed by atoms with Gasteiger partial charge in [-0.2, -0.15) is 5.26 Å². The molecule has 1 aromatic carbocycles. The van der Waals surface area contributed by atoms with Gasteiger partial charge in [0.1, 0.15) is 17.4 Å². The molecule has 0 heterocycles. The van der Waals surface area contributed by atoms with Crippen molar-refractivity contribution in [1.82, 2.24) is 0 Å². The van der Waals surface area contributed by atoms with Gasteiger partial charge in [0.2, 0.25) is 0 Å². The largest absolute Gasteiger partial charge is 0.491 e. The van der Waals surface area contributed by atoms with E-state index >= 15 is 0 Å². The molecule has 1 aromatic rings. The highest BCUT2D eigenvalue weighted by atomic mass is 16.5. The highest BCUT2D eigenvalue weighted by Crippen LogP contribution is 2.26. The molecule has 1 amide bonds. The van der Waals surface area contributed by atoms with E-state index in [9.17, 15) is 10.1 Å². The van der Waals surface area contributed by atoms with Crippen LogP contribution in [0.4, 0.5) is 5.69 Å². The van der Waals surface area contributed by atoms with E-state index in [2.05, 4.69) is 18.3 Å². The van der Waals surface area contributed by atoms with E-state index in [1.165, 1.54) is 7.11 Å². The fourth-order valence-corrected chi connectivity index (χ4v) is 2.19. The van der Waals surface area contributed by atoms with Gasteiger partial charge in [0.05, 0.1) is 17.4 Å². The van der Waals surface area contributed by atoms with Crippen molar-refractivity contribution in [1.29, 1.82) is 5.26 Å². The maximum atomic E-state index is 12.6. The van der Waals surface area contributed by atoms with Crippen LogP contribution in [0.5, 0.6) is 5.75 Å². The van der Waals surface area contributed by atoms with Gasteiger partial charge in [-0.3, -0.25) is 4.79 Å². The first-order valence-corrected chi connectivity index (χ1v) is 8.47. The van der Waals surface area contributed by atoms with Crippen molar-refractivity contribution in [3.63, 3.8) is 0 Å².